The van der Waals surface area contributed by atoms with Crippen molar-refractivity contribution in [3.05, 3.63) is 29.8 Å². The van der Waals surface area contributed by atoms with E-state index >= 15 is 0 Å². The lowest BCUT2D eigenvalue weighted by Crippen LogP contribution is -2.39. The fourth-order valence-corrected chi connectivity index (χ4v) is 1.97. The molecule has 1 aliphatic heterocycles. The lowest BCUT2D eigenvalue weighted by molar-refractivity contribution is 0.171. The highest BCUT2D eigenvalue weighted by atomic mass is 16.6. The molecule has 0 atom stereocenters. The zero-order valence-electron chi connectivity index (χ0n) is 12.5. The largest absolute Gasteiger partial charge is 0.486 e. The number of hydrogen-bond donors (Lipinski definition) is 2. The second-order valence-electron chi connectivity index (χ2n) is 5.15. The van der Waals surface area contributed by atoms with E-state index in [1.165, 1.54) is 0 Å². The molecule has 0 radical (unpaired) electrons. The minimum absolute atomic E-state index is 0.127. The van der Waals surface area contributed by atoms with Crippen molar-refractivity contribution in [1.82, 2.24) is 10.6 Å². The first-order valence-electron chi connectivity index (χ1n) is 7.25. The van der Waals surface area contributed by atoms with Gasteiger partial charge in [0.15, 0.2) is 11.5 Å². The third-order valence-electron chi connectivity index (χ3n) is 2.89. The zero-order chi connectivity index (χ0) is 15.1. The summed E-state index contributed by atoms with van der Waals surface area (Å²) in [4.78, 5) is 11.4. The van der Waals surface area contributed by atoms with Gasteiger partial charge in [0.05, 0.1) is 0 Å². The first-order chi connectivity index (χ1) is 10.1. The Morgan fingerprint density at radius 1 is 1.29 bits per heavy atom. The Morgan fingerprint density at radius 3 is 2.81 bits per heavy atom. The summed E-state index contributed by atoms with van der Waals surface area (Å²) >= 11 is 0. The number of urea groups is 1. The van der Waals surface area contributed by atoms with E-state index in [-0.39, 0.29) is 12.1 Å². The van der Waals surface area contributed by atoms with Gasteiger partial charge in [-0.25, -0.2) is 4.79 Å². The molecular formula is C16H22N2O3. The van der Waals surface area contributed by atoms with Crippen LogP contribution in [0, 0.1) is 0 Å². The first-order valence-corrected chi connectivity index (χ1v) is 7.25. The van der Waals surface area contributed by atoms with Gasteiger partial charge in [0.2, 0.25) is 0 Å². The monoisotopic (exact) mass is 290 g/mol. The summed E-state index contributed by atoms with van der Waals surface area (Å²) in [5.74, 6) is 1.59. The number of nitrogens with one attached hydrogen (secondary N) is 2. The SMILES string of the molecule is CC(C)NC(=O)NCC/C=C/c1ccc2c(c1)OCCO2. The quantitative estimate of drug-likeness (QED) is 0.819. The minimum atomic E-state index is -0.127. The van der Waals surface area contributed by atoms with Crippen molar-refractivity contribution >= 4 is 12.1 Å². The molecule has 2 amide bonds. The van der Waals surface area contributed by atoms with E-state index in [9.17, 15) is 4.79 Å². The van der Waals surface area contributed by atoms with Crippen LogP contribution in [0.2, 0.25) is 0 Å². The second-order valence-corrected chi connectivity index (χ2v) is 5.15. The van der Waals surface area contributed by atoms with Crippen molar-refractivity contribution in [2.24, 2.45) is 0 Å². The van der Waals surface area contributed by atoms with Crippen molar-refractivity contribution in [3.8, 4) is 11.5 Å². The molecule has 0 saturated heterocycles. The van der Waals surface area contributed by atoms with Gasteiger partial charge in [0, 0.05) is 12.6 Å². The van der Waals surface area contributed by atoms with Gasteiger partial charge in [-0.3, -0.25) is 0 Å². The number of carbonyl (C=O) groups is 1. The Morgan fingerprint density at radius 2 is 2.05 bits per heavy atom. The summed E-state index contributed by atoms with van der Waals surface area (Å²) in [5, 5.41) is 5.59. The molecule has 0 aliphatic carbocycles. The van der Waals surface area contributed by atoms with Gasteiger partial charge in [-0.15, -0.1) is 0 Å². The number of fused-ring (bicyclic) bond motifs is 1. The lowest BCUT2D eigenvalue weighted by atomic mass is 10.1. The fraction of sp³-hybridized carbons (Fsp3) is 0.438. The smallest absolute Gasteiger partial charge is 0.314 e. The number of ether oxygens (including phenoxy) is 2. The molecule has 1 aromatic rings. The summed E-state index contributed by atoms with van der Waals surface area (Å²) in [6.45, 7) is 5.67. The van der Waals surface area contributed by atoms with Crippen molar-refractivity contribution in [1.29, 1.82) is 0 Å². The van der Waals surface area contributed by atoms with E-state index in [2.05, 4.69) is 10.6 Å². The molecule has 21 heavy (non-hydrogen) atoms. The molecule has 0 saturated carbocycles. The van der Waals surface area contributed by atoms with E-state index in [0.29, 0.717) is 19.8 Å². The minimum Gasteiger partial charge on any atom is -0.486 e. The predicted octanol–water partition coefficient (Wildman–Crippen LogP) is 2.57. The Hall–Kier alpha value is -2.17. The van der Waals surface area contributed by atoms with Gasteiger partial charge >= 0.3 is 6.03 Å². The fourth-order valence-electron chi connectivity index (χ4n) is 1.97. The molecule has 0 spiro atoms. The molecule has 5 heteroatoms. The summed E-state index contributed by atoms with van der Waals surface area (Å²) < 4.78 is 11.0. The van der Waals surface area contributed by atoms with Gasteiger partial charge in [0.1, 0.15) is 13.2 Å². The first kappa shape index (κ1) is 15.2. The van der Waals surface area contributed by atoms with Gasteiger partial charge in [-0.2, -0.15) is 0 Å². The molecule has 5 nitrogen and oxygen atoms in total. The van der Waals surface area contributed by atoms with Crippen LogP contribution in [0.4, 0.5) is 4.79 Å². The Balaban J connectivity index is 1.75. The third kappa shape index (κ3) is 5.02. The molecule has 0 fully saturated rings. The van der Waals surface area contributed by atoms with Crippen LogP contribution < -0.4 is 20.1 Å². The van der Waals surface area contributed by atoms with Crippen LogP contribution >= 0.6 is 0 Å². The van der Waals surface area contributed by atoms with Crippen molar-refractivity contribution in [2.45, 2.75) is 26.3 Å². The average molecular weight is 290 g/mol. The Labute approximate surface area is 125 Å². The molecule has 2 N–H and O–H groups in total. The highest BCUT2D eigenvalue weighted by Gasteiger charge is 2.10. The number of carbonyl (C=O) groups excluding carboxylic acids is 1. The third-order valence-corrected chi connectivity index (χ3v) is 2.89. The van der Waals surface area contributed by atoms with Crippen molar-refractivity contribution < 1.29 is 14.3 Å². The molecule has 1 aliphatic rings. The Kier molecular flexibility index (Phi) is 5.49. The summed E-state index contributed by atoms with van der Waals surface area (Å²) in [5.41, 5.74) is 1.06. The van der Waals surface area contributed by atoms with Crippen LogP contribution in [0.15, 0.2) is 24.3 Å². The maximum absolute atomic E-state index is 11.4. The zero-order valence-corrected chi connectivity index (χ0v) is 12.5. The predicted molar refractivity (Wildman–Crippen MR) is 82.8 cm³/mol. The molecular weight excluding hydrogens is 268 g/mol. The maximum atomic E-state index is 11.4. The number of amides is 2. The maximum Gasteiger partial charge on any atom is 0.314 e. The Bertz CT molecular complexity index is 512. The lowest BCUT2D eigenvalue weighted by Gasteiger charge is -2.18. The molecule has 2 rings (SSSR count). The molecule has 1 heterocycles. The van der Waals surface area contributed by atoms with Gasteiger partial charge in [0.25, 0.3) is 0 Å². The highest BCUT2D eigenvalue weighted by Crippen LogP contribution is 2.31. The van der Waals surface area contributed by atoms with Crippen LogP contribution in [0.1, 0.15) is 25.8 Å². The van der Waals surface area contributed by atoms with E-state index in [4.69, 9.17) is 9.47 Å². The highest BCUT2D eigenvalue weighted by molar-refractivity contribution is 5.74. The van der Waals surface area contributed by atoms with Gasteiger partial charge < -0.3 is 20.1 Å². The van der Waals surface area contributed by atoms with Crippen LogP contribution in [0.5, 0.6) is 11.5 Å². The van der Waals surface area contributed by atoms with E-state index in [1.807, 2.05) is 44.2 Å². The van der Waals surface area contributed by atoms with Crippen molar-refractivity contribution in [2.75, 3.05) is 19.8 Å². The standard InChI is InChI=1S/C16H22N2O3/c1-12(2)18-16(19)17-8-4-3-5-13-6-7-14-15(11-13)21-10-9-20-14/h3,5-7,11-12H,4,8-10H2,1-2H3,(H2,17,18,19)/b5-3+. The van der Waals surface area contributed by atoms with Crippen molar-refractivity contribution in [3.63, 3.8) is 0 Å². The molecule has 114 valence electrons. The number of benzene rings is 1. The van der Waals surface area contributed by atoms with E-state index in [1.54, 1.807) is 0 Å². The van der Waals surface area contributed by atoms with E-state index in [0.717, 1.165) is 23.5 Å². The summed E-state index contributed by atoms with van der Waals surface area (Å²) in [7, 11) is 0. The topological polar surface area (TPSA) is 59.6 Å². The molecule has 0 bridgehead atoms. The van der Waals surface area contributed by atoms with Gasteiger partial charge in [-0.1, -0.05) is 18.2 Å². The van der Waals surface area contributed by atoms with Gasteiger partial charge in [-0.05, 0) is 38.0 Å². The van der Waals surface area contributed by atoms with Crippen LogP contribution in [-0.2, 0) is 0 Å². The normalized spacial score (nSPS) is 13.5. The van der Waals surface area contributed by atoms with Crippen LogP contribution in [0.3, 0.4) is 0 Å². The van der Waals surface area contributed by atoms with Crippen LogP contribution in [0.25, 0.3) is 6.08 Å². The number of rotatable bonds is 5. The molecule has 1 aromatic carbocycles. The molecule has 0 unspecified atom stereocenters. The van der Waals surface area contributed by atoms with Crippen LogP contribution in [-0.4, -0.2) is 31.8 Å². The van der Waals surface area contributed by atoms with E-state index < -0.39 is 0 Å². The average Bonchev–Trinajstić information content (AvgIpc) is 2.46. The summed E-state index contributed by atoms with van der Waals surface area (Å²) in [6, 6.07) is 5.89. The summed E-state index contributed by atoms with van der Waals surface area (Å²) in [6.07, 6.45) is 4.82. The molecule has 0 aromatic heterocycles. The number of hydrogen-bond acceptors (Lipinski definition) is 3. The second kappa shape index (κ2) is 7.57.